The number of hydrogen-bond acceptors (Lipinski definition) is 5. The van der Waals surface area contributed by atoms with Gasteiger partial charge in [0.1, 0.15) is 17.5 Å². The number of aromatic amines is 1. The first-order chi connectivity index (χ1) is 18.4. The van der Waals surface area contributed by atoms with Crippen LogP contribution in [0.25, 0.3) is 33.4 Å². The average molecular weight is 510 g/mol. The van der Waals surface area contributed by atoms with Gasteiger partial charge in [0.2, 0.25) is 0 Å². The average Bonchev–Trinajstić information content (AvgIpc) is 3.69. The Labute approximate surface area is 221 Å². The fourth-order valence-corrected chi connectivity index (χ4v) is 5.85. The van der Waals surface area contributed by atoms with E-state index in [9.17, 15) is 10.1 Å². The van der Waals surface area contributed by atoms with E-state index in [0.29, 0.717) is 17.9 Å². The lowest BCUT2D eigenvalue weighted by Crippen LogP contribution is -2.40. The van der Waals surface area contributed by atoms with Gasteiger partial charge in [-0.1, -0.05) is 6.07 Å². The van der Waals surface area contributed by atoms with Crippen LogP contribution in [0.2, 0.25) is 0 Å². The predicted molar refractivity (Wildman–Crippen MR) is 145 cm³/mol. The highest BCUT2D eigenvalue weighted by Crippen LogP contribution is 2.44. The smallest absolute Gasteiger partial charge is 0.317 e. The topological polar surface area (TPSA) is 112 Å². The van der Waals surface area contributed by atoms with Crippen molar-refractivity contribution in [2.75, 3.05) is 19.6 Å². The molecular weight excluding hydrogens is 478 g/mol. The molecule has 1 spiro atoms. The molecule has 2 N–H and O–H groups in total. The first-order valence-electron chi connectivity index (χ1n) is 13.2. The molecule has 3 aromatic heterocycles. The van der Waals surface area contributed by atoms with Crippen molar-refractivity contribution in [3.05, 3.63) is 54.0 Å². The third kappa shape index (κ3) is 3.97. The molecule has 9 nitrogen and oxygen atoms in total. The van der Waals surface area contributed by atoms with Crippen LogP contribution in [0.5, 0.6) is 5.75 Å². The SMILES string of the molecule is CCNC(=O)N1CCC2(CCn3nc(-c4cnc5[nH]cc(-c6ccc(OC(C)C)c(C#N)c6)c5c4)cc32)C1. The van der Waals surface area contributed by atoms with Gasteiger partial charge in [-0.2, -0.15) is 10.4 Å². The maximum absolute atomic E-state index is 12.4. The Morgan fingerprint density at radius 2 is 2.08 bits per heavy atom. The van der Waals surface area contributed by atoms with Crippen molar-refractivity contribution < 1.29 is 9.53 Å². The molecule has 4 aromatic rings. The van der Waals surface area contributed by atoms with Gasteiger partial charge in [0.15, 0.2) is 0 Å². The van der Waals surface area contributed by atoms with Gasteiger partial charge in [-0.05, 0) is 63.4 Å². The fourth-order valence-electron chi connectivity index (χ4n) is 5.85. The van der Waals surface area contributed by atoms with E-state index in [1.54, 1.807) is 0 Å². The number of aromatic nitrogens is 4. The Balaban J connectivity index is 1.33. The highest BCUT2D eigenvalue weighted by Gasteiger charge is 2.46. The minimum absolute atomic E-state index is 0.00993. The molecule has 0 bridgehead atoms. The van der Waals surface area contributed by atoms with Crippen LogP contribution in [0.1, 0.15) is 44.9 Å². The van der Waals surface area contributed by atoms with Gasteiger partial charge in [-0.15, -0.1) is 0 Å². The molecule has 0 aliphatic carbocycles. The maximum atomic E-state index is 12.4. The van der Waals surface area contributed by atoms with Gasteiger partial charge >= 0.3 is 6.03 Å². The molecule has 1 aromatic carbocycles. The summed E-state index contributed by atoms with van der Waals surface area (Å²) in [5, 5.41) is 18.5. The third-order valence-corrected chi connectivity index (χ3v) is 7.70. The maximum Gasteiger partial charge on any atom is 0.317 e. The van der Waals surface area contributed by atoms with Crippen LogP contribution in [-0.2, 0) is 12.0 Å². The standard InChI is InChI=1S/C29H31N7O2/c1-4-31-28(37)35-9-7-29(17-35)8-10-36-26(29)13-24(34-36)21-12-22-23(16-33-27(22)32-15-21)19-5-6-25(38-18(2)3)20(11-19)14-30/h5-6,11-13,15-16,18H,4,7-10,17H2,1-3H3,(H,31,37)(H,32,33). The van der Waals surface area contributed by atoms with Crippen LogP contribution in [0, 0.1) is 11.3 Å². The van der Waals surface area contributed by atoms with Gasteiger partial charge in [0.05, 0.1) is 17.4 Å². The first-order valence-corrected chi connectivity index (χ1v) is 13.2. The van der Waals surface area contributed by atoms with Crippen LogP contribution in [0.4, 0.5) is 4.79 Å². The number of pyridine rings is 1. The number of rotatable bonds is 5. The molecule has 1 atom stereocenters. The lowest BCUT2D eigenvalue weighted by molar-refractivity contribution is 0.206. The summed E-state index contributed by atoms with van der Waals surface area (Å²) in [7, 11) is 0. The molecule has 38 heavy (non-hydrogen) atoms. The number of nitriles is 1. The monoisotopic (exact) mass is 509 g/mol. The minimum Gasteiger partial charge on any atom is -0.490 e. The lowest BCUT2D eigenvalue weighted by atomic mass is 9.82. The number of urea groups is 1. The zero-order valence-electron chi connectivity index (χ0n) is 21.9. The summed E-state index contributed by atoms with van der Waals surface area (Å²) in [6.07, 6.45) is 5.72. The molecule has 6 rings (SSSR count). The molecular formula is C29H31N7O2. The highest BCUT2D eigenvalue weighted by atomic mass is 16.5. The number of fused-ring (bicyclic) bond motifs is 3. The third-order valence-electron chi connectivity index (χ3n) is 7.70. The first kappa shape index (κ1) is 24.0. The van der Waals surface area contributed by atoms with E-state index < -0.39 is 0 Å². The number of ether oxygens (including phenoxy) is 1. The summed E-state index contributed by atoms with van der Waals surface area (Å²) in [6, 6.07) is 12.3. The largest absolute Gasteiger partial charge is 0.490 e. The van der Waals surface area contributed by atoms with Crippen molar-refractivity contribution in [3.63, 3.8) is 0 Å². The van der Waals surface area contributed by atoms with Crippen molar-refractivity contribution in [2.45, 2.75) is 51.7 Å². The molecule has 1 saturated heterocycles. The Hall–Kier alpha value is -4.32. The molecule has 1 unspecified atom stereocenters. The number of nitrogens with one attached hydrogen (secondary N) is 2. The second kappa shape index (κ2) is 9.21. The van der Waals surface area contributed by atoms with Crippen molar-refractivity contribution in [2.24, 2.45) is 0 Å². The molecule has 194 valence electrons. The number of carbonyl (C=O) groups is 1. The summed E-state index contributed by atoms with van der Waals surface area (Å²) in [6.45, 7) is 8.81. The molecule has 1 fully saturated rings. The van der Waals surface area contributed by atoms with Gasteiger partial charge in [0, 0.05) is 66.2 Å². The highest BCUT2D eigenvalue weighted by molar-refractivity contribution is 5.96. The van der Waals surface area contributed by atoms with E-state index in [1.165, 1.54) is 5.69 Å². The summed E-state index contributed by atoms with van der Waals surface area (Å²) in [5.74, 6) is 0.587. The van der Waals surface area contributed by atoms with E-state index >= 15 is 0 Å². The van der Waals surface area contributed by atoms with E-state index in [-0.39, 0.29) is 17.6 Å². The van der Waals surface area contributed by atoms with Crippen LogP contribution in [0.15, 0.2) is 42.7 Å². The Kier molecular flexibility index (Phi) is 5.83. The van der Waals surface area contributed by atoms with Gasteiger partial charge < -0.3 is 19.9 Å². The number of likely N-dealkylation sites (tertiary alicyclic amines) is 1. The Bertz CT molecular complexity index is 1580. The van der Waals surface area contributed by atoms with E-state index in [2.05, 4.69) is 38.2 Å². The quantitative estimate of drug-likeness (QED) is 0.400. The number of benzene rings is 1. The lowest BCUT2D eigenvalue weighted by Gasteiger charge is -2.23. The Morgan fingerprint density at radius 3 is 2.87 bits per heavy atom. The van der Waals surface area contributed by atoms with Crippen LogP contribution < -0.4 is 10.1 Å². The number of amides is 2. The molecule has 5 heterocycles. The summed E-state index contributed by atoms with van der Waals surface area (Å²) < 4.78 is 7.90. The molecule has 2 aliphatic heterocycles. The van der Waals surface area contributed by atoms with Gasteiger partial charge in [0.25, 0.3) is 0 Å². The number of hydrogen-bond donors (Lipinski definition) is 2. The Morgan fingerprint density at radius 1 is 1.24 bits per heavy atom. The van der Waals surface area contributed by atoms with E-state index in [0.717, 1.165) is 65.9 Å². The number of nitrogens with zero attached hydrogens (tertiary/aromatic N) is 5. The van der Waals surface area contributed by atoms with E-state index in [4.69, 9.17) is 9.84 Å². The zero-order chi connectivity index (χ0) is 26.4. The summed E-state index contributed by atoms with van der Waals surface area (Å²) in [5.41, 5.74) is 6.16. The van der Waals surface area contributed by atoms with Crippen LogP contribution >= 0.6 is 0 Å². The zero-order valence-corrected chi connectivity index (χ0v) is 21.9. The predicted octanol–water partition coefficient (Wildman–Crippen LogP) is 4.83. The van der Waals surface area contributed by atoms with Crippen molar-refractivity contribution in [1.82, 2.24) is 30.0 Å². The van der Waals surface area contributed by atoms with E-state index in [1.807, 2.05) is 56.3 Å². The number of carbonyl (C=O) groups excluding carboxylic acids is 1. The number of aryl methyl sites for hydroxylation is 1. The molecule has 2 amide bonds. The summed E-state index contributed by atoms with van der Waals surface area (Å²) >= 11 is 0. The molecule has 2 aliphatic rings. The molecule has 0 radical (unpaired) electrons. The minimum atomic E-state index is -0.0411. The van der Waals surface area contributed by atoms with Crippen LogP contribution in [0.3, 0.4) is 0 Å². The van der Waals surface area contributed by atoms with Crippen LogP contribution in [-0.4, -0.2) is 56.4 Å². The van der Waals surface area contributed by atoms with Crippen molar-refractivity contribution in [3.8, 4) is 34.2 Å². The summed E-state index contributed by atoms with van der Waals surface area (Å²) in [4.78, 5) is 22.3. The van der Waals surface area contributed by atoms with Gasteiger partial charge in [-0.3, -0.25) is 4.68 Å². The normalized spacial score (nSPS) is 18.3. The molecule has 9 heteroatoms. The fraction of sp³-hybridized carbons (Fsp3) is 0.379. The number of H-pyrrole nitrogens is 1. The van der Waals surface area contributed by atoms with Crippen molar-refractivity contribution >= 4 is 17.1 Å². The molecule has 0 saturated carbocycles. The van der Waals surface area contributed by atoms with Gasteiger partial charge in [-0.25, -0.2) is 9.78 Å². The second-order valence-electron chi connectivity index (χ2n) is 10.5. The van der Waals surface area contributed by atoms with Crippen molar-refractivity contribution in [1.29, 1.82) is 5.26 Å². The second-order valence-corrected chi connectivity index (χ2v) is 10.5.